The Balaban J connectivity index is 1.11. The number of hydrogen-bond donors (Lipinski definition) is 1. The van der Waals surface area contributed by atoms with Crippen molar-refractivity contribution >= 4 is 46.1 Å². The van der Waals surface area contributed by atoms with Crippen LogP contribution in [0.5, 0.6) is 5.75 Å². The smallest absolute Gasteiger partial charge is 0.416 e. The minimum Gasteiger partial charge on any atom is -0.485 e. The second-order valence-electron chi connectivity index (χ2n) is 14.1. The molecule has 296 valence electrons. The molecule has 3 aliphatic rings. The molecule has 2 amide bonds. The van der Waals surface area contributed by atoms with Gasteiger partial charge in [-0.3, -0.25) is 19.0 Å². The molecular weight excluding hydrogens is 767 g/mol. The van der Waals surface area contributed by atoms with Gasteiger partial charge < -0.3 is 24.6 Å². The number of aromatic nitrogens is 6. The van der Waals surface area contributed by atoms with Crippen molar-refractivity contribution < 1.29 is 32.2 Å². The van der Waals surface area contributed by atoms with Crippen molar-refractivity contribution in [3.63, 3.8) is 0 Å². The Morgan fingerprint density at radius 3 is 2.54 bits per heavy atom. The molecule has 18 heteroatoms. The van der Waals surface area contributed by atoms with Crippen LogP contribution in [-0.4, -0.2) is 85.2 Å². The van der Waals surface area contributed by atoms with Gasteiger partial charge in [0.15, 0.2) is 17.3 Å². The fourth-order valence-corrected chi connectivity index (χ4v) is 7.78. The average molecular weight is 804 g/mol. The number of piperazine rings is 1. The summed E-state index contributed by atoms with van der Waals surface area (Å²) in [5.41, 5.74) is 1.91. The number of alkyl halides is 3. The van der Waals surface area contributed by atoms with Gasteiger partial charge in [-0.2, -0.15) is 22.7 Å². The highest BCUT2D eigenvalue weighted by molar-refractivity contribution is 6.33. The van der Waals surface area contributed by atoms with Crippen LogP contribution in [0, 0.1) is 6.92 Å². The van der Waals surface area contributed by atoms with Crippen LogP contribution in [-0.2, 0) is 22.3 Å². The molecule has 3 aromatic heterocycles. The number of nitrogens with zero attached hydrogens (tertiary/aromatic N) is 8. The van der Waals surface area contributed by atoms with E-state index in [1.807, 2.05) is 48.2 Å². The molecule has 57 heavy (non-hydrogen) atoms. The van der Waals surface area contributed by atoms with E-state index in [0.29, 0.717) is 48.3 Å². The third-order valence-electron chi connectivity index (χ3n) is 10.5. The molecule has 1 N–H and O–H groups in total. The van der Waals surface area contributed by atoms with Gasteiger partial charge in [0.05, 0.1) is 40.9 Å². The van der Waals surface area contributed by atoms with Crippen LogP contribution < -0.4 is 20.5 Å². The molecule has 6 heterocycles. The van der Waals surface area contributed by atoms with Gasteiger partial charge >= 0.3 is 6.18 Å². The molecule has 0 radical (unpaired) electrons. The summed E-state index contributed by atoms with van der Waals surface area (Å²) in [6.07, 6.45) is -0.652. The van der Waals surface area contributed by atoms with E-state index in [1.54, 1.807) is 16.4 Å². The van der Waals surface area contributed by atoms with Crippen molar-refractivity contribution in [2.75, 3.05) is 49.6 Å². The largest absolute Gasteiger partial charge is 0.485 e. The predicted octanol–water partition coefficient (Wildman–Crippen LogP) is 5.69. The van der Waals surface area contributed by atoms with Gasteiger partial charge in [0.25, 0.3) is 11.5 Å². The van der Waals surface area contributed by atoms with E-state index in [0.717, 1.165) is 29.3 Å². The number of anilines is 2. The molecule has 1 fully saturated rings. The van der Waals surface area contributed by atoms with Gasteiger partial charge in [0, 0.05) is 32.1 Å². The maximum absolute atomic E-state index is 14.5. The molecule has 1 saturated heterocycles. The number of ether oxygens (including phenoxy) is 2. The molecule has 0 saturated carbocycles. The second-order valence-corrected chi connectivity index (χ2v) is 14.5. The summed E-state index contributed by atoms with van der Waals surface area (Å²) < 4.78 is 54.5. The summed E-state index contributed by atoms with van der Waals surface area (Å²) >= 11 is 6.22. The zero-order valence-electron chi connectivity index (χ0n) is 30.9. The molecule has 5 aromatic rings. The van der Waals surface area contributed by atoms with Gasteiger partial charge in [-0.1, -0.05) is 54.9 Å². The highest BCUT2D eigenvalue weighted by Gasteiger charge is 2.41. The molecule has 0 unspecified atom stereocenters. The SMILES string of the molecule is Cc1ncnc(C(=O)N2CCN(c3c4n(c5nc(C6=CCOCC6)nn5c3=O)[C@H](C(=O)Nc3ccc(C(F)(F)F)cc3Cl)C[C@@H]4C)CC2)c1OCc1ccccc1. The minimum absolute atomic E-state index is 0.0101. The van der Waals surface area contributed by atoms with Crippen LogP contribution in [0.1, 0.15) is 70.6 Å². The maximum Gasteiger partial charge on any atom is 0.416 e. The van der Waals surface area contributed by atoms with Gasteiger partial charge in [0.1, 0.15) is 24.7 Å². The lowest BCUT2D eigenvalue weighted by Gasteiger charge is -2.36. The van der Waals surface area contributed by atoms with Crippen molar-refractivity contribution in [1.29, 1.82) is 0 Å². The number of benzene rings is 2. The minimum atomic E-state index is -4.61. The normalized spacial score (nSPS) is 18.4. The van der Waals surface area contributed by atoms with E-state index < -0.39 is 29.2 Å². The van der Waals surface area contributed by atoms with Crippen molar-refractivity contribution in [2.45, 2.75) is 51.4 Å². The van der Waals surface area contributed by atoms with E-state index in [-0.39, 0.29) is 73.2 Å². The van der Waals surface area contributed by atoms with Crippen molar-refractivity contribution in [3.05, 3.63) is 110 Å². The van der Waals surface area contributed by atoms with E-state index in [2.05, 4.69) is 20.4 Å². The molecule has 8 rings (SSSR count). The lowest BCUT2D eigenvalue weighted by atomic mass is 10.0. The zero-order valence-corrected chi connectivity index (χ0v) is 31.7. The van der Waals surface area contributed by atoms with Gasteiger partial charge in [-0.05, 0) is 49.1 Å². The summed E-state index contributed by atoms with van der Waals surface area (Å²) in [5.74, 6) is -0.430. The fraction of sp³-hybridized carbons (Fsp3) is 0.359. The van der Waals surface area contributed by atoms with Gasteiger partial charge in [0.2, 0.25) is 11.7 Å². The summed E-state index contributed by atoms with van der Waals surface area (Å²) in [6, 6.07) is 11.3. The van der Waals surface area contributed by atoms with Crippen LogP contribution >= 0.6 is 11.6 Å². The van der Waals surface area contributed by atoms with Crippen LogP contribution in [0.4, 0.5) is 24.5 Å². The molecule has 3 aliphatic heterocycles. The zero-order chi connectivity index (χ0) is 40.0. The number of amides is 2. The summed E-state index contributed by atoms with van der Waals surface area (Å²) in [5, 5.41) is 7.06. The summed E-state index contributed by atoms with van der Waals surface area (Å²) in [6.45, 7) is 5.74. The highest BCUT2D eigenvalue weighted by atomic mass is 35.5. The van der Waals surface area contributed by atoms with Gasteiger partial charge in [-0.15, -0.1) is 5.10 Å². The van der Waals surface area contributed by atoms with E-state index in [1.165, 1.54) is 10.8 Å². The number of rotatable bonds is 8. The molecule has 0 aliphatic carbocycles. The lowest BCUT2D eigenvalue weighted by molar-refractivity contribution is -0.137. The molecule has 2 aromatic carbocycles. The highest BCUT2D eigenvalue weighted by Crippen LogP contribution is 2.42. The lowest BCUT2D eigenvalue weighted by Crippen LogP contribution is -2.51. The van der Waals surface area contributed by atoms with Crippen LogP contribution in [0.3, 0.4) is 0 Å². The van der Waals surface area contributed by atoms with Crippen LogP contribution in [0.15, 0.2) is 65.7 Å². The van der Waals surface area contributed by atoms with Crippen molar-refractivity contribution in [3.8, 4) is 5.75 Å². The Morgan fingerprint density at radius 1 is 1.07 bits per heavy atom. The number of hydrogen-bond acceptors (Lipinski definition) is 10. The quantitative estimate of drug-likeness (QED) is 0.207. The Morgan fingerprint density at radius 2 is 1.84 bits per heavy atom. The Bertz CT molecular complexity index is 2460. The third kappa shape index (κ3) is 7.32. The molecule has 0 spiro atoms. The van der Waals surface area contributed by atoms with Crippen LogP contribution in [0.2, 0.25) is 5.02 Å². The van der Waals surface area contributed by atoms with Gasteiger partial charge in [-0.25, -0.2) is 9.97 Å². The van der Waals surface area contributed by atoms with E-state index in [4.69, 9.17) is 26.1 Å². The monoisotopic (exact) mass is 803 g/mol. The number of fused-ring (bicyclic) bond motifs is 3. The first-order valence-electron chi connectivity index (χ1n) is 18.4. The molecular formula is C39H37ClF3N9O5. The van der Waals surface area contributed by atoms with E-state index >= 15 is 0 Å². The first-order valence-corrected chi connectivity index (χ1v) is 18.8. The number of nitrogens with one attached hydrogen (secondary N) is 1. The number of aryl methyl sites for hydroxylation is 1. The predicted molar refractivity (Wildman–Crippen MR) is 203 cm³/mol. The molecule has 14 nitrogen and oxygen atoms in total. The number of halogens is 4. The standard InChI is InChI=1S/C39H37ClF3N9O5/c1-22-18-29(35(53)46-28-9-8-26(19-27(28)40)39(41,42)43)51-31(22)32(37(55)52-38(51)47-34(48-52)25-10-16-56-17-11-25)49-12-14-50(15-13-49)36(54)30-33(23(2)44-21-45-30)57-20-24-6-4-3-5-7-24/h3-10,19,21-22,29H,11-18,20H2,1-2H3,(H,46,53)/t22-,29-/m0/s1. The average Bonchev–Trinajstić information content (AvgIpc) is 3.81. The second kappa shape index (κ2) is 15.3. The maximum atomic E-state index is 14.5. The fourth-order valence-electron chi connectivity index (χ4n) is 7.55. The van der Waals surface area contributed by atoms with Crippen LogP contribution in [0.25, 0.3) is 11.4 Å². The molecule has 0 bridgehead atoms. The Kier molecular flexibility index (Phi) is 10.2. The topological polar surface area (TPSA) is 149 Å². The first kappa shape index (κ1) is 38.1. The summed E-state index contributed by atoms with van der Waals surface area (Å²) in [4.78, 5) is 59.4. The number of carbonyl (C=O) groups excluding carboxylic acids is 2. The Hall–Kier alpha value is -5.81. The van der Waals surface area contributed by atoms with Crippen molar-refractivity contribution in [2.24, 2.45) is 0 Å². The first-order chi connectivity index (χ1) is 27.4. The molecule has 2 atom stereocenters. The van der Waals surface area contributed by atoms with E-state index in [9.17, 15) is 27.6 Å². The number of carbonyl (C=O) groups is 2. The third-order valence-corrected chi connectivity index (χ3v) is 10.8. The Labute approximate surface area is 328 Å². The summed E-state index contributed by atoms with van der Waals surface area (Å²) in [7, 11) is 0. The van der Waals surface area contributed by atoms with Crippen molar-refractivity contribution in [1.82, 2.24) is 34.0 Å².